The third-order valence-corrected chi connectivity index (χ3v) is 40.2. The third-order valence-electron chi connectivity index (χ3n) is 30.3. The molecule has 0 aromatic heterocycles. The average molecular weight is 2250 g/mol. The molecule has 0 saturated carbocycles. The van der Waals surface area contributed by atoms with Crippen molar-refractivity contribution in [2.45, 2.75) is 117 Å². The van der Waals surface area contributed by atoms with E-state index in [0.29, 0.717) is 0 Å². The molecule has 0 unspecified atom stereocenters. The van der Waals surface area contributed by atoms with E-state index in [9.17, 15) is 0 Å². The van der Waals surface area contributed by atoms with Crippen LogP contribution in [0, 0.1) is 0 Å². The number of nitrogens with two attached hydrogens (primary N) is 1. The number of hydrogen-bond donors (Lipinski definition) is 1. The number of benzene rings is 16. The van der Waals surface area contributed by atoms with E-state index in [2.05, 4.69) is 398 Å². The van der Waals surface area contributed by atoms with Crippen LogP contribution in [-0.2, 0) is 39.0 Å². The van der Waals surface area contributed by atoms with E-state index in [4.69, 9.17) is 0 Å². The SMILES string of the molecule is CC[NH2+]CC.[Cl-].[Cl-].[Cl-].[Cl-].[Cl-].[Ru+2].[Ru+2].c1ccc2c(-c3c(P(c4ccc(N5CCCC5)cc4)c4ccc(N5CCCC5)cc4)ccc4ccccc34)c(P(c3ccc(N4CCCC4)cc3)c3ccc(N4CCCC4)cc3)ccc2c1.c1ccc2c(-c3c(P(c4ccc(N5CCCC5)cc4)c4ccc(N5CCCC5)cc4)ccc4ccccc34)c(P(c3ccc(N4CCCC4)cc3)c3ccc(N4CCCC4)cc3)ccc2c1. The molecule has 8 aliphatic heterocycles. The summed E-state index contributed by atoms with van der Waals surface area (Å²) in [4.78, 5) is 20.5. The maximum atomic E-state index is 2.57. The Bertz CT molecular complexity index is 5760. The first-order chi connectivity index (χ1) is 67.9. The molecule has 8 aliphatic rings. The zero-order valence-electron chi connectivity index (χ0n) is 82.9. The summed E-state index contributed by atoms with van der Waals surface area (Å²) in [6.07, 6.45) is 20.4. The fourth-order valence-electron chi connectivity index (χ4n) is 23.1. The number of nitrogens with zero attached hydrogens (tertiary/aromatic N) is 8. The van der Waals surface area contributed by atoms with Crippen LogP contribution in [0.25, 0.3) is 65.3 Å². The monoisotopic (exact) mass is 2250 g/mol. The van der Waals surface area contributed by atoms with Gasteiger partial charge in [0.15, 0.2) is 0 Å². The van der Waals surface area contributed by atoms with Crippen LogP contribution >= 0.6 is 31.7 Å². The number of anilines is 8. The summed E-state index contributed by atoms with van der Waals surface area (Å²) in [7, 11) is -3.87. The molecule has 0 amide bonds. The molecule has 16 aromatic rings. The first-order valence-corrected chi connectivity index (χ1v) is 57.2. The molecule has 0 atom stereocenters. The van der Waals surface area contributed by atoms with Gasteiger partial charge in [0, 0.05) is 150 Å². The predicted octanol–water partition coefficient (Wildman–Crippen LogP) is 7.76. The molecule has 20 heteroatoms. The average Bonchev–Trinajstić information content (AvgIpc) is 1.23. The predicted molar refractivity (Wildman–Crippen MR) is 603 cm³/mol. The second kappa shape index (κ2) is 52.0. The minimum absolute atomic E-state index is 0. The third kappa shape index (κ3) is 23.8. The summed E-state index contributed by atoms with van der Waals surface area (Å²) in [5.74, 6) is 0. The van der Waals surface area contributed by atoms with Crippen molar-refractivity contribution >= 4 is 184 Å². The van der Waals surface area contributed by atoms with Crippen molar-refractivity contribution in [2.75, 3.05) is 157 Å². The van der Waals surface area contributed by atoms with Crippen LogP contribution in [-0.4, -0.2) is 118 Å². The molecule has 2 N–H and O–H groups in total. The molecule has 744 valence electrons. The maximum absolute atomic E-state index is 2.57. The molecule has 8 fully saturated rings. The van der Waals surface area contributed by atoms with E-state index in [-0.39, 0.29) is 101 Å². The molecule has 0 spiro atoms. The Balaban J connectivity index is 0.000000198. The van der Waals surface area contributed by atoms with Crippen molar-refractivity contribution in [3.8, 4) is 22.3 Å². The minimum Gasteiger partial charge on any atom is -1.00 e. The number of quaternary nitrogens is 1. The Morgan fingerprint density at radius 3 is 0.431 bits per heavy atom. The summed E-state index contributed by atoms with van der Waals surface area (Å²) in [5, 5.41) is 29.6. The van der Waals surface area contributed by atoms with Gasteiger partial charge in [-0.25, -0.2) is 0 Å². The number of rotatable bonds is 24. The zero-order valence-corrected chi connectivity index (χ0v) is 93.7. The molecule has 24 rings (SSSR count). The molecule has 0 aliphatic carbocycles. The van der Waals surface area contributed by atoms with Crippen LogP contribution in [0.4, 0.5) is 45.5 Å². The molecule has 9 nitrogen and oxygen atoms in total. The van der Waals surface area contributed by atoms with Crippen molar-refractivity contribution in [3.05, 3.63) is 340 Å². The topological polar surface area (TPSA) is 42.5 Å². The van der Waals surface area contributed by atoms with Gasteiger partial charge in [-0.3, -0.25) is 0 Å². The molecule has 0 bridgehead atoms. The van der Waals surface area contributed by atoms with E-state index in [0.717, 1.165) is 105 Å². The fourth-order valence-corrected chi connectivity index (χ4v) is 32.9. The zero-order chi connectivity index (χ0) is 91.8. The van der Waals surface area contributed by atoms with Crippen molar-refractivity contribution in [1.82, 2.24) is 0 Å². The van der Waals surface area contributed by atoms with E-state index in [1.165, 1.54) is 290 Å². The molecular formula is C124H132Cl5N9P4Ru2. The first-order valence-electron chi connectivity index (χ1n) is 51.8. The second-order valence-corrected chi connectivity index (χ2v) is 47.6. The summed E-state index contributed by atoms with van der Waals surface area (Å²) >= 11 is 0. The van der Waals surface area contributed by atoms with Crippen molar-refractivity contribution in [2.24, 2.45) is 0 Å². The Kier molecular flexibility index (Phi) is 39.5. The summed E-state index contributed by atoms with van der Waals surface area (Å²) in [6.45, 7) is 25.1. The largest absolute Gasteiger partial charge is 2.00 e. The normalized spacial score (nSPS) is 15.5. The van der Waals surface area contributed by atoms with E-state index < -0.39 is 31.7 Å². The van der Waals surface area contributed by atoms with Crippen molar-refractivity contribution in [3.63, 3.8) is 0 Å². The van der Waals surface area contributed by atoms with Crippen molar-refractivity contribution < 1.29 is 106 Å². The van der Waals surface area contributed by atoms with Crippen molar-refractivity contribution in [1.29, 1.82) is 0 Å². The van der Waals surface area contributed by atoms with E-state index >= 15 is 0 Å². The van der Waals surface area contributed by atoms with Crippen LogP contribution in [0.5, 0.6) is 0 Å². The van der Waals surface area contributed by atoms with Gasteiger partial charge in [0.1, 0.15) is 0 Å². The summed E-state index contributed by atoms with van der Waals surface area (Å²) < 4.78 is 0. The molecule has 144 heavy (non-hydrogen) atoms. The fraction of sp³-hybridized carbons (Fsp3) is 0.290. The smallest absolute Gasteiger partial charge is 1.00 e. The molecule has 8 heterocycles. The molecule has 0 radical (unpaired) electrons. The van der Waals surface area contributed by atoms with Gasteiger partial charge in [-0.05, 0) is 374 Å². The maximum Gasteiger partial charge on any atom is 2.00 e. The van der Waals surface area contributed by atoms with Crippen LogP contribution in [0.1, 0.15) is 117 Å². The Hall–Kier alpha value is -8.66. The minimum atomic E-state index is -0.969. The summed E-state index contributed by atoms with van der Waals surface area (Å²) in [6, 6.07) is 134. The van der Waals surface area contributed by atoms with Gasteiger partial charge in [0.2, 0.25) is 0 Å². The van der Waals surface area contributed by atoms with Crippen LogP contribution in [0.15, 0.2) is 340 Å². The van der Waals surface area contributed by atoms with Crippen LogP contribution < -0.4 is 170 Å². The molecule has 8 saturated heterocycles. The van der Waals surface area contributed by atoms with Gasteiger partial charge in [0.25, 0.3) is 0 Å². The number of hydrogen-bond acceptors (Lipinski definition) is 8. The van der Waals surface area contributed by atoms with Gasteiger partial charge in [0.05, 0.1) is 13.1 Å². The van der Waals surface area contributed by atoms with Gasteiger partial charge in [-0.1, -0.05) is 243 Å². The van der Waals surface area contributed by atoms with Gasteiger partial charge in [-0.15, -0.1) is 0 Å². The quantitative estimate of drug-likeness (QED) is 0.0488. The van der Waals surface area contributed by atoms with Gasteiger partial charge >= 0.3 is 39.0 Å². The van der Waals surface area contributed by atoms with E-state index in [1.807, 2.05) is 0 Å². The van der Waals surface area contributed by atoms with Gasteiger partial charge < -0.3 is 107 Å². The Morgan fingerprint density at radius 1 is 0.174 bits per heavy atom. The van der Waals surface area contributed by atoms with Crippen LogP contribution in [0.3, 0.4) is 0 Å². The second-order valence-electron chi connectivity index (χ2n) is 38.9. The first kappa shape index (κ1) is 110. The van der Waals surface area contributed by atoms with Gasteiger partial charge in [-0.2, -0.15) is 0 Å². The number of fused-ring (bicyclic) bond motifs is 4. The van der Waals surface area contributed by atoms with Crippen LogP contribution in [0.2, 0.25) is 0 Å². The molecular weight excluding hydrogens is 2120 g/mol. The summed E-state index contributed by atoms with van der Waals surface area (Å²) in [5.41, 5.74) is 16.3. The molecule has 16 aromatic carbocycles. The van der Waals surface area contributed by atoms with E-state index in [1.54, 1.807) is 0 Å². The Morgan fingerprint density at radius 2 is 0.306 bits per heavy atom. The number of halogens is 5. The standard InChI is InChI=1S/2C60H60N4P2.C4H11N.5ClH.2Ru/c2*1-3-15-55-45(13-1)17-35-57(65(51-27-19-47(20-28-51)61-37-5-6-38-61)52-29-21-48(22-30-52)62-39-7-8-40-62)59(55)60-56-16-4-2-14-46(56)18-36-58(60)66(53-31-23-49(24-32-53)63-41-9-10-42-63)54-33-25-50(26-34-54)64-43-11-12-44-64;1-3-5-4-2;;;;;;;/h2*1-4,13-36H,5-12,37-44H2;5H,3-4H2,1-2H3;5*1H;;/q;;;;;;;;2*+2/p-4. The Labute approximate surface area is 917 Å².